The molecule has 30 heavy (non-hydrogen) atoms. The number of halogens is 1. The minimum absolute atomic E-state index is 0.0863. The van der Waals surface area contributed by atoms with Crippen molar-refractivity contribution in [1.29, 1.82) is 0 Å². The molecule has 0 saturated heterocycles. The van der Waals surface area contributed by atoms with E-state index in [0.29, 0.717) is 27.2 Å². The Kier molecular flexibility index (Phi) is 4.44. The highest BCUT2D eigenvalue weighted by Crippen LogP contribution is 2.41. The van der Waals surface area contributed by atoms with Crippen molar-refractivity contribution in [3.05, 3.63) is 110 Å². The molecule has 5 heteroatoms. The topological polar surface area (TPSA) is 50.5 Å². The quantitative estimate of drug-likeness (QED) is 0.427. The van der Waals surface area contributed by atoms with Crippen LogP contribution in [0.5, 0.6) is 0 Å². The SMILES string of the molecule is CCc1ccc([C@@H]2c3c(oc4ccc(Cl)cc4c3=O)C(=O)N2c2ccccc2)cc1. The summed E-state index contributed by atoms with van der Waals surface area (Å²) >= 11 is 6.12. The largest absolute Gasteiger partial charge is 0.450 e. The molecule has 2 heterocycles. The highest BCUT2D eigenvalue weighted by atomic mass is 35.5. The monoisotopic (exact) mass is 415 g/mol. The van der Waals surface area contributed by atoms with Gasteiger partial charge in [-0.15, -0.1) is 0 Å². The Morgan fingerprint density at radius 3 is 2.40 bits per heavy atom. The minimum Gasteiger partial charge on any atom is -0.450 e. The number of hydrogen-bond donors (Lipinski definition) is 0. The normalized spacial score (nSPS) is 15.6. The van der Waals surface area contributed by atoms with Gasteiger partial charge in [0.25, 0.3) is 5.91 Å². The van der Waals surface area contributed by atoms with Crippen molar-refractivity contribution in [2.45, 2.75) is 19.4 Å². The molecule has 0 spiro atoms. The highest BCUT2D eigenvalue weighted by molar-refractivity contribution is 6.31. The molecule has 5 rings (SSSR count). The molecular formula is C25H18ClNO3. The Labute approximate surface area is 178 Å². The van der Waals surface area contributed by atoms with E-state index in [1.54, 1.807) is 23.1 Å². The second-order valence-electron chi connectivity index (χ2n) is 7.32. The Bertz CT molecular complexity index is 1330. The van der Waals surface area contributed by atoms with Crippen LogP contribution < -0.4 is 10.3 Å². The molecule has 0 aliphatic carbocycles. The number of nitrogens with zero attached hydrogens (tertiary/aromatic N) is 1. The van der Waals surface area contributed by atoms with E-state index in [1.807, 2.05) is 54.6 Å². The molecule has 0 saturated carbocycles. The van der Waals surface area contributed by atoms with Crippen molar-refractivity contribution in [3.8, 4) is 0 Å². The fourth-order valence-electron chi connectivity index (χ4n) is 4.05. The van der Waals surface area contributed by atoms with E-state index in [4.69, 9.17) is 16.0 Å². The van der Waals surface area contributed by atoms with Crippen LogP contribution in [0, 0.1) is 0 Å². The van der Waals surface area contributed by atoms with Crippen LogP contribution in [0.2, 0.25) is 5.02 Å². The lowest BCUT2D eigenvalue weighted by Crippen LogP contribution is -2.29. The van der Waals surface area contributed by atoms with E-state index in [-0.39, 0.29) is 17.1 Å². The van der Waals surface area contributed by atoms with Crippen molar-refractivity contribution in [3.63, 3.8) is 0 Å². The van der Waals surface area contributed by atoms with Crippen molar-refractivity contribution < 1.29 is 9.21 Å². The van der Waals surface area contributed by atoms with Gasteiger partial charge in [0.05, 0.1) is 17.0 Å². The van der Waals surface area contributed by atoms with Gasteiger partial charge in [-0.05, 0) is 47.9 Å². The van der Waals surface area contributed by atoms with Gasteiger partial charge in [-0.25, -0.2) is 0 Å². The van der Waals surface area contributed by atoms with Crippen molar-refractivity contribution >= 4 is 34.2 Å². The molecule has 0 bridgehead atoms. The summed E-state index contributed by atoms with van der Waals surface area (Å²) < 4.78 is 5.95. The summed E-state index contributed by atoms with van der Waals surface area (Å²) in [4.78, 5) is 28.6. The first kappa shape index (κ1) is 18.6. The van der Waals surface area contributed by atoms with E-state index in [9.17, 15) is 9.59 Å². The van der Waals surface area contributed by atoms with Crippen molar-refractivity contribution in [2.75, 3.05) is 4.90 Å². The van der Waals surface area contributed by atoms with Gasteiger partial charge in [0, 0.05) is 10.7 Å². The zero-order valence-electron chi connectivity index (χ0n) is 16.3. The number of hydrogen-bond acceptors (Lipinski definition) is 3. The molecule has 0 radical (unpaired) electrons. The van der Waals surface area contributed by atoms with Gasteiger partial charge < -0.3 is 4.42 Å². The fraction of sp³-hybridized carbons (Fsp3) is 0.120. The molecule has 1 atom stereocenters. The van der Waals surface area contributed by atoms with Crippen LogP contribution in [0.4, 0.5) is 5.69 Å². The van der Waals surface area contributed by atoms with Crippen molar-refractivity contribution in [2.24, 2.45) is 0 Å². The first-order chi connectivity index (χ1) is 14.6. The van der Waals surface area contributed by atoms with Crippen LogP contribution in [0.25, 0.3) is 11.0 Å². The lowest BCUT2D eigenvalue weighted by atomic mass is 9.97. The van der Waals surface area contributed by atoms with Gasteiger partial charge in [-0.3, -0.25) is 14.5 Å². The van der Waals surface area contributed by atoms with E-state index < -0.39 is 6.04 Å². The smallest absolute Gasteiger partial charge is 0.295 e. The second kappa shape index (κ2) is 7.15. The number of carbonyl (C=O) groups excluding carboxylic acids is 1. The molecule has 148 valence electrons. The summed E-state index contributed by atoms with van der Waals surface area (Å²) in [7, 11) is 0. The lowest BCUT2D eigenvalue weighted by molar-refractivity contribution is 0.0971. The number of anilines is 1. The van der Waals surface area contributed by atoms with E-state index in [2.05, 4.69) is 6.92 Å². The number of aryl methyl sites for hydroxylation is 1. The maximum absolute atomic E-state index is 13.5. The van der Waals surface area contributed by atoms with Crippen LogP contribution in [0.3, 0.4) is 0 Å². The van der Waals surface area contributed by atoms with Crippen LogP contribution in [0.1, 0.15) is 40.2 Å². The standard InChI is InChI=1S/C25H18ClNO3/c1-2-15-8-10-16(11-9-15)22-21-23(28)19-14-17(26)12-13-20(19)30-24(21)25(29)27(22)18-6-4-3-5-7-18/h3-14,22H,2H2,1H3/t22-/m1/s1. The van der Waals surface area contributed by atoms with E-state index in [1.165, 1.54) is 5.56 Å². The third-order valence-electron chi connectivity index (χ3n) is 5.57. The highest BCUT2D eigenvalue weighted by Gasteiger charge is 2.43. The Hall–Kier alpha value is -3.37. The molecule has 1 aliphatic rings. The summed E-state index contributed by atoms with van der Waals surface area (Å²) in [5.41, 5.74) is 3.23. The Morgan fingerprint density at radius 2 is 1.70 bits per heavy atom. The minimum atomic E-state index is -0.569. The first-order valence-electron chi connectivity index (χ1n) is 9.82. The van der Waals surface area contributed by atoms with Gasteiger partial charge in [-0.1, -0.05) is 61.0 Å². The van der Waals surface area contributed by atoms with Gasteiger partial charge in [-0.2, -0.15) is 0 Å². The molecular weight excluding hydrogens is 398 g/mol. The maximum Gasteiger partial charge on any atom is 0.295 e. The van der Waals surface area contributed by atoms with Crippen LogP contribution in [-0.2, 0) is 6.42 Å². The van der Waals surface area contributed by atoms with Crippen LogP contribution in [0.15, 0.2) is 82.0 Å². The fourth-order valence-corrected chi connectivity index (χ4v) is 4.22. The third kappa shape index (κ3) is 2.84. The Balaban J connectivity index is 1.80. The molecule has 4 aromatic rings. The number of amides is 1. The molecule has 4 nitrogen and oxygen atoms in total. The number of carbonyl (C=O) groups is 1. The van der Waals surface area contributed by atoms with Crippen molar-refractivity contribution in [1.82, 2.24) is 0 Å². The van der Waals surface area contributed by atoms with Crippen LogP contribution in [-0.4, -0.2) is 5.91 Å². The number of para-hydroxylation sites is 1. The number of fused-ring (bicyclic) bond motifs is 2. The van der Waals surface area contributed by atoms with Gasteiger partial charge in [0.1, 0.15) is 5.58 Å². The molecule has 0 N–H and O–H groups in total. The summed E-state index contributed by atoms with van der Waals surface area (Å²) in [5, 5.41) is 0.821. The zero-order valence-corrected chi connectivity index (χ0v) is 17.0. The molecule has 1 amide bonds. The Morgan fingerprint density at radius 1 is 0.967 bits per heavy atom. The van der Waals surface area contributed by atoms with Crippen LogP contribution >= 0.6 is 11.6 Å². The molecule has 0 unspecified atom stereocenters. The maximum atomic E-state index is 13.5. The average molecular weight is 416 g/mol. The lowest BCUT2D eigenvalue weighted by Gasteiger charge is -2.25. The van der Waals surface area contributed by atoms with E-state index >= 15 is 0 Å². The summed E-state index contributed by atoms with van der Waals surface area (Å²) in [6, 6.07) is 21.7. The summed E-state index contributed by atoms with van der Waals surface area (Å²) in [6.45, 7) is 2.09. The molecule has 0 fully saturated rings. The zero-order chi connectivity index (χ0) is 20.8. The second-order valence-corrected chi connectivity index (χ2v) is 7.76. The number of rotatable bonds is 3. The van der Waals surface area contributed by atoms with Gasteiger partial charge in [0.15, 0.2) is 5.43 Å². The third-order valence-corrected chi connectivity index (χ3v) is 5.81. The first-order valence-corrected chi connectivity index (χ1v) is 10.2. The van der Waals surface area contributed by atoms with Gasteiger partial charge in [0.2, 0.25) is 5.76 Å². The summed E-state index contributed by atoms with van der Waals surface area (Å²) in [6.07, 6.45) is 0.911. The molecule has 1 aliphatic heterocycles. The molecule has 1 aromatic heterocycles. The predicted octanol–water partition coefficient (Wildman–Crippen LogP) is 5.76. The average Bonchev–Trinajstić information content (AvgIpc) is 3.07. The van der Waals surface area contributed by atoms with E-state index in [0.717, 1.165) is 12.0 Å². The number of benzene rings is 3. The molecule has 3 aromatic carbocycles. The van der Waals surface area contributed by atoms with Gasteiger partial charge >= 0.3 is 0 Å². The summed E-state index contributed by atoms with van der Waals surface area (Å²) in [5.74, 6) is -0.238. The predicted molar refractivity (Wildman–Crippen MR) is 118 cm³/mol.